The highest BCUT2D eigenvalue weighted by Gasteiger charge is 2.17. The number of hydrogen-bond acceptors (Lipinski definition) is 6. The summed E-state index contributed by atoms with van der Waals surface area (Å²) < 4.78 is 31.9. The maximum atomic E-state index is 12.2. The highest BCUT2D eigenvalue weighted by Crippen LogP contribution is 2.21. The molecule has 7 nitrogen and oxygen atoms in total. The number of hydrogen-bond donors (Lipinski definition) is 1. The van der Waals surface area contributed by atoms with Crippen LogP contribution in [0.3, 0.4) is 0 Å². The smallest absolute Gasteiger partial charge is 0.263 e. The fourth-order valence-corrected chi connectivity index (χ4v) is 2.72. The van der Waals surface area contributed by atoms with E-state index in [4.69, 9.17) is 4.52 Å². The van der Waals surface area contributed by atoms with Crippen molar-refractivity contribution in [3.63, 3.8) is 0 Å². The monoisotopic (exact) mass is 290 g/mol. The molecular weight excluding hydrogens is 280 g/mol. The first-order chi connectivity index (χ1) is 9.56. The molecule has 0 saturated heterocycles. The van der Waals surface area contributed by atoms with Gasteiger partial charge in [-0.3, -0.25) is 9.71 Å². The van der Waals surface area contributed by atoms with Gasteiger partial charge < -0.3 is 4.52 Å². The molecule has 102 valence electrons. The van der Waals surface area contributed by atoms with Crippen molar-refractivity contribution in [1.82, 2.24) is 15.1 Å². The summed E-state index contributed by atoms with van der Waals surface area (Å²) >= 11 is 0. The Balaban J connectivity index is 2.02. The molecule has 0 amide bonds. The Hall–Kier alpha value is -2.48. The molecule has 8 heteroatoms. The van der Waals surface area contributed by atoms with Crippen LogP contribution in [0.2, 0.25) is 0 Å². The summed E-state index contributed by atoms with van der Waals surface area (Å²) in [5.41, 5.74) is 1.28. The second-order valence-electron chi connectivity index (χ2n) is 4.14. The molecule has 3 rings (SSSR count). The first-order valence-electron chi connectivity index (χ1n) is 5.71. The van der Waals surface area contributed by atoms with Gasteiger partial charge in [0.15, 0.2) is 0 Å². The van der Waals surface area contributed by atoms with Gasteiger partial charge in [-0.2, -0.15) is 0 Å². The number of pyridine rings is 2. The van der Waals surface area contributed by atoms with E-state index in [1.54, 1.807) is 25.3 Å². The summed E-state index contributed by atoms with van der Waals surface area (Å²) in [6.45, 7) is 1.72. The number of fused-ring (bicyclic) bond motifs is 1. The molecule has 0 aromatic carbocycles. The molecule has 0 aliphatic rings. The molecular formula is C12H10N4O3S. The van der Waals surface area contributed by atoms with Gasteiger partial charge in [0, 0.05) is 6.20 Å². The number of rotatable bonds is 3. The van der Waals surface area contributed by atoms with Crippen LogP contribution in [-0.2, 0) is 10.0 Å². The maximum Gasteiger partial charge on any atom is 0.263 e. The molecule has 20 heavy (non-hydrogen) atoms. The van der Waals surface area contributed by atoms with E-state index in [-0.39, 0.29) is 4.90 Å². The minimum absolute atomic E-state index is 0.0418. The third-order valence-electron chi connectivity index (χ3n) is 2.71. The van der Waals surface area contributed by atoms with Gasteiger partial charge in [0.1, 0.15) is 4.90 Å². The summed E-state index contributed by atoms with van der Waals surface area (Å²) in [4.78, 5) is 7.84. The zero-order valence-corrected chi connectivity index (χ0v) is 11.3. The number of nitrogens with one attached hydrogen (secondary N) is 1. The summed E-state index contributed by atoms with van der Waals surface area (Å²) in [5, 5.41) is 4.31. The van der Waals surface area contributed by atoms with Gasteiger partial charge in [0.2, 0.25) is 0 Å². The van der Waals surface area contributed by atoms with E-state index in [0.717, 1.165) is 0 Å². The standard InChI is InChI=1S/C12H10N4O3S/c1-8-11-5-10(7-14-12(11)19-15-8)20(17,18)16-9-3-2-4-13-6-9/h2-7,16H,1H3. The average Bonchev–Trinajstić information content (AvgIpc) is 2.81. The van der Waals surface area contributed by atoms with Gasteiger partial charge in [0.25, 0.3) is 15.7 Å². The molecule has 3 aromatic rings. The number of aromatic nitrogens is 3. The van der Waals surface area contributed by atoms with Crippen molar-refractivity contribution in [2.45, 2.75) is 11.8 Å². The molecule has 0 aliphatic heterocycles. The van der Waals surface area contributed by atoms with Crippen molar-refractivity contribution in [1.29, 1.82) is 0 Å². The molecule has 3 aromatic heterocycles. The van der Waals surface area contributed by atoms with Crippen LogP contribution in [0.1, 0.15) is 5.69 Å². The van der Waals surface area contributed by atoms with Crippen molar-refractivity contribution in [3.05, 3.63) is 42.5 Å². The summed E-state index contributed by atoms with van der Waals surface area (Å²) in [7, 11) is -3.72. The van der Waals surface area contributed by atoms with Crippen LogP contribution in [0.25, 0.3) is 11.1 Å². The molecule has 0 spiro atoms. The van der Waals surface area contributed by atoms with E-state index in [0.29, 0.717) is 22.5 Å². The Bertz CT molecular complexity index is 859. The van der Waals surface area contributed by atoms with Gasteiger partial charge in [-0.25, -0.2) is 13.4 Å². The first-order valence-corrected chi connectivity index (χ1v) is 7.19. The van der Waals surface area contributed by atoms with Gasteiger partial charge in [-0.05, 0) is 25.1 Å². The van der Waals surface area contributed by atoms with E-state index in [2.05, 4.69) is 19.8 Å². The highest BCUT2D eigenvalue weighted by atomic mass is 32.2. The number of nitrogens with zero attached hydrogens (tertiary/aromatic N) is 3. The Morgan fingerprint density at radius 1 is 1.30 bits per heavy atom. The van der Waals surface area contributed by atoms with E-state index in [1.807, 2.05) is 0 Å². The fraction of sp³-hybridized carbons (Fsp3) is 0.0833. The van der Waals surface area contributed by atoms with Crippen molar-refractivity contribution < 1.29 is 12.9 Å². The lowest BCUT2D eigenvalue weighted by Gasteiger charge is -2.06. The third-order valence-corrected chi connectivity index (χ3v) is 4.06. The van der Waals surface area contributed by atoms with Crippen molar-refractivity contribution in [2.24, 2.45) is 0 Å². The van der Waals surface area contributed by atoms with Gasteiger partial charge in [-0.15, -0.1) is 0 Å². The quantitative estimate of drug-likeness (QED) is 0.788. The Morgan fingerprint density at radius 2 is 2.15 bits per heavy atom. The zero-order chi connectivity index (χ0) is 14.2. The second-order valence-corrected chi connectivity index (χ2v) is 5.82. The lowest BCUT2D eigenvalue weighted by atomic mass is 10.3. The molecule has 0 unspecified atom stereocenters. The van der Waals surface area contributed by atoms with Gasteiger partial charge in [0.05, 0.1) is 29.2 Å². The van der Waals surface area contributed by atoms with Crippen LogP contribution < -0.4 is 4.72 Å². The van der Waals surface area contributed by atoms with Crippen molar-refractivity contribution >= 4 is 26.8 Å². The predicted octanol–water partition coefficient (Wildman–Crippen LogP) is 1.73. The molecule has 0 radical (unpaired) electrons. The van der Waals surface area contributed by atoms with E-state index in [9.17, 15) is 8.42 Å². The normalized spacial score (nSPS) is 11.7. The predicted molar refractivity (Wildman–Crippen MR) is 71.6 cm³/mol. The van der Waals surface area contributed by atoms with Crippen molar-refractivity contribution in [3.8, 4) is 0 Å². The average molecular weight is 290 g/mol. The highest BCUT2D eigenvalue weighted by molar-refractivity contribution is 7.92. The molecule has 0 fully saturated rings. The van der Waals surface area contributed by atoms with Gasteiger partial charge in [-0.1, -0.05) is 5.16 Å². The maximum absolute atomic E-state index is 12.2. The SMILES string of the molecule is Cc1noc2ncc(S(=O)(=O)Nc3cccnc3)cc12. The van der Waals surface area contributed by atoms with Gasteiger partial charge >= 0.3 is 0 Å². The largest absolute Gasteiger partial charge is 0.336 e. The molecule has 0 atom stereocenters. The van der Waals surface area contributed by atoms with Crippen LogP contribution in [-0.4, -0.2) is 23.5 Å². The summed E-state index contributed by atoms with van der Waals surface area (Å²) in [6, 6.07) is 4.73. The minimum Gasteiger partial charge on any atom is -0.336 e. The van der Waals surface area contributed by atoms with E-state index < -0.39 is 10.0 Å². The molecule has 3 heterocycles. The molecule has 0 bridgehead atoms. The lowest BCUT2D eigenvalue weighted by molar-refractivity contribution is 0.442. The third kappa shape index (κ3) is 2.21. The summed E-state index contributed by atoms with van der Waals surface area (Å²) in [6.07, 6.45) is 4.21. The Morgan fingerprint density at radius 3 is 2.90 bits per heavy atom. The van der Waals surface area contributed by atoms with Crippen LogP contribution in [0.4, 0.5) is 5.69 Å². The second kappa shape index (κ2) is 4.57. The van der Waals surface area contributed by atoms with Crippen LogP contribution in [0, 0.1) is 6.92 Å². The number of aryl methyl sites for hydroxylation is 1. The zero-order valence-electron chi connectivity index (χ0n) is 10.4. The van der Waals surface area contributed by atoms with Crippen molar-refractivity contribution in [2.75, 3.05) is 4.72 Å². The summed E-state index contributed by atoms with van der Waals surface area (Å²) in [5.74, 6) is 0. The molecule has 1 N–H and O–H groups in total. The number of anilines is 1. The Kier molecular flexibility index (Phi) is 2.87. The van der Waals surface area contributed by atoms with E-state index >= 15 is 0 Å². The molecule has 0 aliphatic carbocycles. The van der Waals surface area contributed by atoms with Crippen LogP contribution in [0.5, 0.6) is 0 Å². The fourth-order valence-electron chi connectivity index (χ4n) is 1.71. The number of sulfonamides is 1. The topological polar surface area (TPSA) is 98.0 Å². The van der Waals surface area contributed by atoms with Crippen LogP contribution >= 0.6 is 0 Å². The Labute approximate surface area is 114 Å². The molecule has 0 saturated carbocycles. The minimum atomic E-state index is -3.72. The lowest BCUT2D eigenvalue weighted by Crippen LogP contribution is -2.13. The first kappa shape index (κ1) is 12.5. The van der Waals surface area contributed by atoms with E-state index in [1.165, 1.54) is 18.5 Å². The van der Waals surface area contributed by atoms with Crippen LogP contribution in [0.15, 0.2) is 46.2 Å².